The van der Waals surface area contributed by atoms with Crippen molar-refractivity contribution in [2.75, 3.05) is 59.5 Å². The van der Waals surface area contributed by atoms with Gasteiger partial charge in [-0.15, -0.1) is 24.0 Å². The molecule has 0 atom stereocenters. The van der Waals surface area contributed by atoms with E-state index in [9.17, 15) is 4.79 Å². The van der Waals surface area contributed by atoms with Gasteiger partial charge >= 0.3 is 0 Å². The van der Waals surface area contributed by atoms with Crippen LogP contribution in [0.1, 0.15) is 20.8 Å². The number of carbonyl (C=O) groups excluding carboxylic acids is 1. The highest BCUT2D eigenvalue weighted by Gasteiger charge is 2.28. The highest BCUT2D eigenvalue weighted by molar-refractivity contribution is 14.0. The third-order valence-electron chi connectivity index (χ3n) is 4.94. The summed E-state index contributed by atoms with van der Waals surface area (Å²) in [4.78, 5) is 21.2. The minimum atomic E-state index is -0.484. The maximum absolute atomic E-state index is 12.2. The molecule has 29 heavy (non-hydrogen) atoms. The smallest absolute Gasteiger partial charge is 0.227 e. The normalized spacial score (nSPS) is 15.4. The van der Waals surface area contributed by atoms with Crippen molar-refractivity contribution in [2.45, 2.75) is 20.8 Å². The maximum atomic E-state index is 12.2. The number of para-hydroxylation sites is 1. The average Bonchev–Trinajstić information content (AvgIpc) is 2.70. The van der Waals surface area contributed by atoms with Crippen LogP contribution in [-0.2, 0) is 4.79 Å². The quantitative estimate of drug-likeness (QED) is 0.314. The second kappa shape index (κ2) is 12.9. The fourth-order valence-corrected chi connectivity index (χ4v) is 3.11. The molecule has 1 aliphatic heterocycles. The Kier molecular flexibility index (Phi) is 11.3. The van der Waals surface area contributed by atoms with Crippen molar-refractivity contribution in [1.29, 1.82) is 0 Å². The summed E-state index contributed by atoms with van der Waals surface area (Å²) in [5, 5.41) is 6.26. The van der Waals surface area contributed by atoms with E-state index in [0.717, 1.165) is 44.4 Å². The Morgan fingerprint density at radius 2 is 1.79 bits per heavy atom. The molecule has 1 fully saturated rings. The van der Waals surface area contributed by atoms with Gasteiger partial charge in [-0.1, -0.05) is 18.2 Å². The first-order chi connectivity index (χ1) is 13.5. The number of piperazine rings is 1. The van der Waals surface area contributed by atoms with Gasteiger partial charge in [-0.05, 0) is 32.9 Å². The van der Waals surface area contributed by atoms with Crippen molar-refractivity contribution in [3.8, 4) is 5.75 Å². The second-order valence-electron chi connectivity index (χ2n) is 7.63. The molecule has 2 N–H and O–H groups in total. The Hall–Kier alpha value is -1.55. The molecule has 1 aromatic carbocycles. The van der Waals surface area contributed by atoms with E-state index in [4.69, 9.17) is 4.74 Å². The SMILES string of the molecule is CCNC(=O)C(C)(C)CNC(=NC)N1CCN(CCOc2ccccc2)CC1.I. The predicted molar refractivity (Wildman–Crippen MR) is 129 cm³/mol. The van der Waals surface area contributed by atoms with Gasteiger partial charge in [0.2, 0.25) is 5.91 Å². The third kappa shape index (κ3) is 8.38. The number of carbonyl (C=O) groups is 1. The Balaban J connectivity index is 0.00000420. The highest BCUT2D eigenvalue weighted by atomic mass is 127. The Morgan fingerprint density at radius 3 is 2.38 bits per heavy atom. The van der Waals surface area contributed by atoms with E-state index in [2.05, 4.69) is 25.4 Å². The van der Waals surface area contributed by atoms with Gasteiger partial charge in [0.15, 0.2) is 5.96 Å². The van der Waals surface area contributed by atoms with Crippen LogP contribution in [0.4, 0.5) is 0 Å². The van der Waals surface area contributed by atoms with E-state index in [1.807, 2.05) is 51.1 Å². The molecule has 0 spiro atoms. The summed E-state index contributed by atoms with van der Waals surface area (Å²) in [7, 11) is 1.79. The fourth-order valence-electron chi connectivity index (χ4n) is 3.11. The minimum absolute atomic E-state index is 0. The monoisotopic (exact) mass is 517 g/mol. The number of amides is 1. The molecule has 2 rings (SSSR count). The van der Waals surface area contributed by atoms with Crippen molar-refractivity contribution >= 4 is 35.8 Å². The number of guanidine groups is 1. The summed E-state index contributed by atoms with van der Waals surface area (Å²) in [6, 6.07) is 9.93. The average molecular weight is 517 g/mol. The van der Waals surface area contributed by atoms with Crippen LogP contribution >= 0.6 is 24.0 Å². The van der Waals surface area contributed by atoms with Crippen LogP contribution in [-0.4, -0.2) is 81.1 Å². The largest absolute Gasteiger partial charge is 0.492 e. The van der Waals surface area contributed by atoms with Gasteiger partial charge in [0, 0.05) is 52.9 Å². The third-order valence-corrected chi connectivity index (χ3v) is 4.94. The molecule has 0 bridgehead atoms. The summed E-state index contributed by atoms with van der Waals surface area (Å²) in [6.07, 6.45) is 0. The number of benzene rings is 1. The Bertz CT molecular complexity index is 631. The molecule has 0 aromatic heterocycles. The zero-order chi connectivity index (χ0) is 20.4. The van der Waals surface area contributed by atoms with E-state index in [1.165, 1.54) is 0 Å². The number of nitrogens with one attached hydrogen (secondary N) is 2. The first-order valence-corrected chi connectivity index (χ1v) is 10.1. The molecule has 1 heterocycles. The molecule has 0 aliphatic carbocycles. The number of halogens is 1. The van der Waals surface area contributed by atoms with Gasteiger partial charge in [0.05, 0.1) is 5.41 Å². The summed E-state index contributed by atoms with van der Waals surface area (Å²) >= 11 is 0. The summed E-state index contributed by atoms with van der Waals surface area (Å²) < 4.78 is 5.79. The van der Waals surface area contributed by atoms with Gasteiger partial charge in [0.25, 0.3) is 0 Å². The minimum Gasteiger partial charge on any atom is -0.492 e. The molecule has 0 saturated carbocycles. The molecule has 1 saturated heterocycles. The zero-order valence-electron chi connectivity index (χ0n) is 18.1. The van der Waals surface area contributed by atoms with Gasteiger partial charge in [0.1, 0.15) is 12.4 Å². The van der Waals surface area contributed by atoms with E-state index < -0.39 is 5.41 Å². The molecular weight excluding hydrogens is 481 g/mol. The summed E-state index contributed by atoms with van der Waals surface area (Å²) in [5.74, 6) is 1.83. The van der Waals surface area contributed by atoms with E-state index in [-0.39, 0.29) is 29.9 Å². The Morgan fingerprint density at radius 1 is 1.14 bits per heavy atom. The van der Waals surface area contributed by atoms with E-state index in [0.29, 0.717) is 19.7 Å². The predicted octanol–water partition coefficient (Wildman–Crippen LogP) is 2.04. The lowest BCUT2D eigenvalue weighted by Crippen LogP contribution is -2.55. The lowest BCUT2D eigenvalue weighted by atomic mass is 9.92. The van der Waals surface area contributed by atoms with E-state index in [1.54, 1.807) is 7.05 Å². The van der Waals surface area contributed by atoms with Crippen molar-refractivity contribution in [1.82, 2.24) is 20.4 Å². The van der Waals surface area contributed by atoms with E-state index >= 15 is 0 Å². The number of nitrogens with zero attached hydrogens (tertiary/aromatic N) is 3. The fraction of sp³-hybridized carbons (Fsp3) is 0.619. The molecule has 0 unspecified atom stereocenters. The van der Waals surface area contributed by atoms with Crippen molar-refractivity contribution in [2.24, 2.45) is 10.4 Å². The van der Waals surface area contributed by atoms with Crippen molar-refractivity contribution < 1.29 is 9.53 Å². The Labute approximate surface area is 192 Å². The van der Waals surface area contributed by atoms with Gasteiger partial charge < -0.3 is 20.3 Å². The zero-order valence-corrected chi connectivity index (χ0v) is 20.4. The van der Waals surface area contributed by atoms with Crippen LogP contribution < -0.4 is 15.4 Å². The number of rotatable bonds is 8. The highest BCUT2D eigenvalue weighted by Crippen LogP contribution is 2.14. The number of hydrogen-bond donors (Lipinski definition) is 2. The molecule has 0 radical (unpaired) electrons. The van der Waals surface area contributed by atoms with Crippen molar-refractivity contribution in [3.05, 3.63) is 30.3 Å². The molecule has 1 aromatic rings. The van der Waals surface area contributed by atoms with Crippen LogP contribution in [0.2, 0.25) is 0 Å². The van der Waals surface area contributed by atoms with Crippen LogP contribution in [0.3, 0.4) is 0 Å². The number of hydrogen-bond acceptors (Lipinski definition) is 4. The topological polar surface area (TPSA) is 69.2 Å². The van der Waals surface area contributed by atoms with Crippen LogP contribution in [0.5, 0.6) is 5.75 Å². The second-order valence-corrected chi connectivity index (χ2v) is 7.63. The van der Waals surface area contributed by atoms with Crippen molar-refractivity contribution in [3.63, 3.8) is 0 Å². The standard InChI is InChI=1S/C21H35N5O2.HI/c1-5-23-19(27)21(2,3)17-24-20(22-4)26-13-11-25(12-14-26)15-16-28-18-9-7-6-8-10-18;/h6-10H,5,11-17H2,1-4H3,(H,22,24)(H,23,27);1H. The number of ether oxygens (including phenoxy) is 1. The molecule has 8 heteroatoms. The molecule has 164 valence electrons. The molecular formula is C21H36IN5O2. The van der Waals surface area contributed by atoms with Crippen LogP contribution in [0.15, 0.2) is 35.3 Å². The molecule has 1 aliphatic rings. The molecule has 7 nitrogen and oxygen atoms in total. The van der Waals surface area contributed by atoms with Crippen LogP contribution in [0.25, 0.3) is 0 Å². The maximum Gasteiger partial charge on any atom is 0.227 e. The van der Waals surface area contributed by atoms with Gasteiger partial charge in [-0.3, -0.25) is 14.7 Å². The number of aliphatic imine (C=N–C) groups is 1. The summed E-state index contributed by atoms with van der Waals surface area (Å²) in [6.45, 7) is 12.4. The summed E-state index contributed by atoms with van der Waals surface area (Å²) in [5.41, 5.74) is -0.484. The van der Waals surface area contributed by atoms with Gasteiger partial charge in [-0.25, -0.2) is 0 Å². The first kappa shape index (κ1) is 25.5. The lowest BCUT2D eigenvalue weighted by molar-refractivity contribution is -0.128. The van der Waals surface area contributed by atoms with Crippen LogP contribution in [0, 0.1) is 5.41 Å². The molecule has 1 amide bonds. The lowest BCUT2D eigenvalue weighted by Gasteiger charge is -2.37. The van der Waals surface area contributed by atoms with Gasteiger partial charge in [-0.2, -0.15) is 0 Å². The first-order valence-electron chi connectivity index (χ1n) is 10.1.